The van der Waals surface area contributed by atoms with E-state index >= 15 is 0 Å². The summed E-state index contributed by atoms with van der Waals surface area (Å²) in [6.07, 6.45) is 7.90. The van der Waals surface area contributed by atoms with Crippen LogP contribution in [-0.2, 0) is 4.79 Å². The number of rotatable bonds is 4. The Morgan fingerprint density at radius 1 is 1.05 bits per heavy atom. The van der Waals surface area contributed by atoms with Crippen molar-refractivity contribution in [3.63, 3.8) is 0 Å². The van der Waals surface area contributed by atoms with E-state index in [0.29, 0.717) is 0 Å². The molecule has 4 heteroatoms. The van der Waals surface area contributed by atoms with Crippen LogP contribution in [0.4, 0.5) is 0 Å². The maximum atomic E-state index is 11.7. The molecule has 0 spiro atoms. The van der Waals surface area contributed by atoms with Gasteiger partial charge >= 0.3 is 5.97 Å². The van der Waals surface area contributed by atoms with Gasteiger partial charge in [-0.3, -0.25) is 14.6 Å². The molecule has 1 heterocycles. The Kier molecular flexibility index (Phi) is 3.81. The first-order valence-corrected chi connectivity index (χ1v) is 7.89. The Balaban J connectivity index is 1.55. The van der Waals surface area contributed by atoms with E-state index in [1.54, 1.807) is 0 Å². The molecule has 19 heavy (non-hydrogen) atoms. The Labute approximate surface area is 115 Å². The van der Waals surface area contributed by atoms with E-state index in [9.17, 15) is 9.90 Å². The largest absolute Gasteiger partial charge is 0.481 e. The average Bonchev–Trinajstić information content (AvgIpc) is 3.25. The maximum absolute atomic E-state index is 11.7. The van der Waals surface area contributed by atoms with Gasteiger partial charge in [0.15, 0.2) is 0 Å². The zero-order valence-electron chi connectivity index (χ0n) is 11.8. The molecule has 1 N–H and O–H groups in total. The van der Waals surface area contributed by atoms with Crippen LogP contribution in [0.2, 0.25) is 0 Å². The molecule has 2 saturated carbocycles. The molecule has 0 radical (unpaired) electrons. The monoisotopic (exact) mass is 266 g/mol. The Morgan fingerprint density at radius 2 is 1.68 bits per heavy atom. The van der Waals surface area contributed by atoms with E-state index in [1.165, 1.54) is 19.3 Å². The van der Waals surface area contributed by atoms with E-state index in [2.05, 4.69) is 9.80 Å². The van der Waals surface area contributed by atoms with Gasteiger partial charge in [0.1, 0.15) is 0 Å². The van der Waals surface area contributed by atoms with Gasteiger partial charge in [-0.1, -0.05) is 19.3 Å². The SMILES string of the molecule is O=C(O)C1(CN2CCN(C3CC3)CC2)CCCCC1. The van der Waals surface area contributed by atoms with Gasteiger partial charge in [-0.2, -0.15) is 0 Å². The number of hydrogen-bond acceptors (Lipinski definition) is 3. The second-order valence-corrected chi connectivity index (χ2v) is 6.69. The van der Waals surface area contributed by atoms with Gasteiger partial charge in [-0.05, 0) is 25.7 Å². The summed E-state index contributed by atoms with van der Waals surface area (Å²) >= 11 is 0. The molecule has 0 aromatic rings. The van der Waals surface area contributed by atoms with Crippen LogP contribution in [0.15, 0.2) is 0 Å². The Morgan fingerprint density at radius 3 is 2.21 bits per heavy atom. The maximum Gasteiger partial charge on any atom is 0.310 e. The highest BCUT2D eigenvalue weighted by atomic mass is 16.4. The van der Waals surface area contributed by atoms with Crippen molar-refractivity contribution in [2.45, 2.75) is 51.0 Å². The number of piperazine rings is 1. The van der Waals surface area contributed by atoms with E-state index < -0.39 is 11.4 Å². The molecule has 1 aliphatic heterocycles. The fourth-order valence-electron chi connectivity index (χ4n) is 3.82. The smallest absolute Gasteiger partial charge is 0.310 e. The molecule has 0 aromatic heterocycles. The summed E-state index contributed by atoms with van der Waals surface area (Å²) in [5, 5.41) is 9.63. The van der Waals surface area contributed by atoms with Crippen LogP contribution >= 0.6 is 0 Å². The normalized spacial score (nSPS) is 29.3. The van der Waals surface area contributed by atoms with Crippen LogP contribution in [0.3, 0.4) is 0 Å². The van der Waals surface area contributed by atoms with Gasteiger partial charge in [0.05, 0.1) is 5.41 Å². The highest BCUT2D eigenvalue weighted by Gasteiger charge is 2.42. The topological polar surface area (TPSA) is 43.8 Å². The summed E-state index contributed by atoms with van der Waals surface area (Å²) in [6.45, 7) is 5.18. The van der Waals surface area contributed by atoms with Crippen LogP contribution in [-0.4, -0.2) is 59.6 Å². The molecule has 2 aliphatic carbocycles. The lowest BCUT2D eigenvalue weighted by molar-refractivity contribution is -0.153. The zero-order chi connectivity index (χ0) is 13.3. The quantitative estimate of drug-likeness (QED) is 0.842. The highest BCUT2D eigenvalue weighted by Crippen LogP contribution is 2.38. The van der Waals surface area contributed by atoms with Gasteiger partial charge in [-0.25, -0.2) is 0 Å². The van der Waals surface area contributed by atoms with Crippen molar-refractivity contribution in [3.8, 4) is 0 Å². The third-order valence-corrected chi connectivity index (χ3v) is 5.26. The number of aliphatic carboxylic acids is 1. The molecule has 108 valence electrons. The van der Waals surface area contributed by atoms with E-state index in [-0.39, 0.29) is 0 Å². The molecule has 3 fully saturated rings. The molecular formula is C15H26N2O2. The molecule has 0 amide bonds. The first-order valence-electron chi connectivity index (χ1n) is 7.89. The highest BCUT2D eigenvalue weighted by molar-refractivity contribution is 5.75. The van der Waals surface area contributed by atoms with Gasteiger partial charge < -0.3 is 5.11 Å². The van der Waals surface area contributed by atoms with Crippen molar-refractivity contribution in [3.05, 3.63) is 0 Å². The Hall–Kier alpha value is -0.610. The lowest BCUT2D eigenvalue weighted by Crippen LogP contribution is -2.52. The summed E-state index contributed by atoms with van der Waals surface area (Å²) in [6, 6.07) is 0.852. The van der Waals surface area contributed by atoms with Crippen molar-refractivity contribution in [2.75, 3.05) is 32.7 Å². The molecule has 3 rings (SSSR count). The lowest BCUT2D eigenvalue weighted by Gasteiger charge is -2.41. The summed E-state index contributed by atoms with van der Waals surface area (Å²) in [5.41, 5.74) is -0.444. The third kappa shape index (κ3) is 2.95. The molecule has 3 aliphatic rings. The van der Waals surface area contributed by atoms with Gasteiger partial charge in [0.2, 0.25) is 0 Å². The standard InChI is InChI=1S/C15H26N2O2/c18-14(19)15(6-2-1-3-7-15)12-16-8-10-17(11-9-16)13-4-5-13/h13H,1-12H2,(H,18,19). The predicted molar refractivity (Wildman–Crippen MR) is 74.2 cm³/mol. The number of hydrogen-bond donors (Lipinski definition) is 1. The molecular weight excluding hydrogens is 240 g/mol. The van der Waals surface area contributed by atoms with Crippen molar-refractivity contribution < 1.29 is 9.90 Å². The number of nitrogens with zero attached hydrogens (tertiary/aromatic N) is 2. The second-order valence-electron chi connectivity index (χ2n) is 6.69. The predicted octanol–water partition coefficient (Wildman–Crippen LogP) is 1.80. The van der Waals surface area contributed by atoms with Crippen molar-refractivity contribution >= 4 is 5.97 Å². The van der Waals surface area contributed by atoms with E-state index in [4.69, 9.17) is 0 Å². The van der Waals surface area contributed by atoms with E-state index in [0.717, 1.165) is 64.4 Å². The second kappa shape index (κ2) is 5.41. The van der Waals surface area contributed by atoms with Crippen molar-refractivity contribution in [1.29, 1.82) is 0 Å². The van der Waals surface area contributed by atoms with Crippen molar-refractivity contribution in [1.82, 2.24) is 9.80 Å². The summed E-state index contributed by atoms with van der Waals surface area (Å²) in [4.78, 5) is 16.7. The van der Waals surface area contributed by atoms with E-state index in [1.807, 2.05) is 0 Å². The lowest BCUT2D eigenvalue weighted by atomic mass is 9.73. The van der Waals surface area contributed by atoms with Crippen LogP contribution < -0.4 is 0 Å². The first kappa shape index (κ1) is 13.4. The molecule has 1 saturated heterocycles. The minimum Gasteiger partial charge on any atom is -0.481 e. The van der Waals surface area contributed by atoms with Crippen LogP contribution in [0, 0.1) is 5.41 Å². The summed E-state index contributed by atoms with van der Waals surface area (Å²) < 4.78 is 0. The number of carboxylic acids is 1. The minimum absolute atomic E-state index is 0.444. The first-order chi connectivity index (χ1) is 9.20. The summed E-state index contributed by atoms with van der Waals surface area (Å²) in [5.74, 6) is -0.558. The van der Waals surface area contributed by atoms with Crippen LogP contribution in [0.25, 0.3) is 0 Å². The molecule has 4 nitrogen and oxygen atoms in total. The fraction of sp³-hybridized carbons (Fsp3) is 0.933. The zero-order valence-corrected chi connectivity index (χ0v) is 11.8. The fourth-order valence-corrected chi connectivity index (χ4v) is 3.82. The van der Waals surface area contributed by atoms with Crippen LogP contribution in [0.1, 0.15) is 44.9 Å². The number of carbonyl (C=O) groups is 1. The van der Waals surface area contributed by atoms with Crippen LogP contribution in [0.5, 0.6) is 0 Å². The third-order valence-electron chi connectivity index (χ3n) is 5.26. The number of carboxylic acid groups (broad SMARTS) is 1. The Bertz CT molecular complexity index is 327. The van der Waals surface area contributed by atoms with Gasteiger partial charge in [0, 0.05) is 38.8 Å². The minimum atomic E-state index is -0.558. The van der Waals surface area contributed by atoms with Crippen molar-refractivity contribution in [2.24, 2.45) is 5.41 Å². The average molecular weight is 266 g/mol. The molecule has 0 unspecified atom stereocenters. The molecule has 0 bridgehead atoms. The molecule has 0 atom stereocenters. The summed E-state index contributed by atoms with van der Waals surface area (Å²) in [7, 11) is 0. The van der Waals surface area contributed by atoms with Gasteiger partial charge in [0.25, 0.3) is 0 Å². The van der Waals surface area contributed by atoms with Gasteiger partial charge in [-0.15, -0.1) is 0 Å². The molecule has 0 aromatic carbocycles.